The van der Waals surface area contributed by atoms with Gasteiger partial charge in [-0.3, -0.25) is 4.79 Å². The minimum Gasteiger partial charge on any atom is -0.293 e. The zero-order valence-electron chi connectivity index (χ0n) is 7.62. The third-order valence-corrected chi connectivity index (χ3v) is 3.47. The van der Waals surface area contributed by atoms with E-state index < -0.39 is 0 Å². The number of nitrogens with zero attached hydrogens (tertiary/aromatic N) is 2. The fraction of sp³-hybridized carbons (Fsp3) is 0.667. The number of hydrogen-bond acceptors (Lipinski definition) is 4. The van der Waals surface area contributed by atoms with Gasteiger partial charge in [-0.2, -0.15) is 0 Å². The first-order chi connectivity index (χ1) is 6.27. The van der Waals surface area contributed by atoms with Gasteiger partial charge in [0, 0.05) is 6.42 Å². The summed E-state index contributed by atoms with van der Waals surface area (Å²) in [7, 11) is 0. The largest absolute Gasteiger partial charge is 0.293 e. The van der Waals surface area contributed by atoms with Crippen molar-refractivity contribution in [3.05, 3.63) is 10.6 Å². The van der Waals surface area contributed by atoms with Gasteiger partial charge in [0.25, 0.3) is 0 Å². The molecule has 70 valence electrons. The maximum absolute atomic E-state index is 11.7. The highest BCUT2D eigenvalue weighted by Crippen LogP contribution is 2.31. The molecule has 1 aliphatic rings. The normalized spacial score (nSPS) is 17.0. The van der Waals surface area contributed by atoms with Crippen molar-refractivity contribution >= 4 is 17.3 Å². The van der Waals surface area contributed by atoms with Crippen molar-refractivity contribution in [2.24, 2.45) is 5.92 Å². The van der Waals surface area contributed by atoms with E-state index in [-0.39, 0.29) is 5.78 Å². The summed E-state index contributed by atoms with van der Waals surface area (Å²) in [6.45, 7) is 1.84. The van der Waals surface area contributed by atoms with Crippen LogP contribution in [0.2, 0.25) is 0 Å². The summed E-state index contributed by atoms with van der Waals surface area (Å²) in [5.74, 6) is 0.867. The van der Waals surface area contributed by atoms with Crippen LogP contribution in [-0.4, -0.2) is 15.4 Å². The van der Waals surface area contributed by atoms with E-state index in [1.54, 1.807) is 0 Å². The summed E-state index contributed by atoms with van der Waals surface area (Å²) < 4.78 is 3.76. The Morgan fingerprint density at radius 2 is 2.38 bits per heavy atom. The molecule has 0 aromatic carbocycles. The molecular weight excluding hydrogens is 184 g/mol. The van der Waals surface area contributed by atoms with Crippen molar-refractivity contribution in [2.45, 2.75) is 32.6 Å². The van der Waals surface area contributed by atoms with E-state index in [4.69, 9.17) is 0 Å². The van der Waals surface area contributed by atoms with E-state index in [2.05, 4.69) is 9.59 Å². The van der Waals surface area contributed by atoms with Gasteiger partial charge >= 0.3 is 0 Å². The minimum absolute atomic E-state index is 0.234. The molecule has 0 bridgehead atoms. The van der Waals surface area contributed by atoms with E-state index in [9.17, 15) is 4.79 Å². The molecule has 0 aliphatic heterocycles. The van der Waals surface area contributed by atoms with Gasteiger partial charge in [0.2, 0.25) is 0 Å². The molecule has 1 fully saturated rings. The molecule has 0 unspecified atom stereocenters. The van der Waals surface area contributed by atoms with E-state index in [1.165, 1.54) is 30.8 Å². The Balaban J connectivity index is 2.00. The van der Waals surface area contributed by atoms with Crippen LogP contribution in [0.15, 0.2) is 0 Å². The van der Waals surface area contributed by atoms with E-state index in [0.29, 0.717) is 12.3 Å². The fourth-order valence-electron chi connectivity index (χ4n) is 1.54. The number of carbonyl (C=O) groups is 1. The number of aryl methyl sites for hydroxylation is 1. The number of hydrogen-bond donors (Lipinski definition) is 0. The van der Waals surface area contributed by atoms with E-state index in [1.807, 2.05) is 6.92 Å². The predicted octanol–water partition coefficient (Wildman–Crippen LogP) is 2.22. The molecule has 1 heterocycles. The second-order valence-corrected chi connectivity index (χ2v) is 4.37. The van der Waals surface area contributed by atoms with Crippen LogP contribution in [0.4, 0.5) is 0 Å². The number of aromatic nitrogens is 2. The molecule has 1 aliphatic carbocycles. The standard InChI is InChI=1S/C9H12N2OS/c1-6-9(13-11-10-6)8(12)5-7-3-2-4-7/h7H,2-5H2,1H3. The molecule has 1 aromatic rings. The first kappa shape index (κ1) is 8.81. The minimum atomic E-state index is 0.234. The van der Waals surface area contributed by atoms with Crippen molar-refractivity contribution in [1.82, 2.24) is 9.59 Å². The zero-order chi connectivity index (χ0) is 9.26. The SMILES string of the molecule is Cc1nnsc1C(=O)CC1CCC1. The number of carbonyl (C=O) groups excluding carboxylic acids is 1. The lowest BCUT2D eigenvalue weighted by molar-refractivity contribution is 0.0940. The van der Waals surface area contributed by atoms with Crippen LogP contribution >= 0.6 is 11.5 Å². The van der Waals surface area contributed by atoms with Gasteiger partial charge in [-0.05, 0) is 24.4 Å². The summed E-state index contributed by atoms with van der Waals surface area (Å²) in [5, 5.41) is 3.84. The Morgan fingerprint density at radius 1 is 1.62 bits per heavy atom. The number of Topliss-reactive ketones (excluding diaryl/α,β-unsaturated/α-hetero) is 1. The van der Waals surface area contributed by atoms with Gasteiger partial charge in [-0.15, -0.1) is 5.10 Å². The first-order valence-corrected chi connectivity index (χ1v) is 5.37. The summed E-state index contributed by atoms with van der Waals surface area (Å²) in [4.78, 5) is 12.4. The average molecular weight is 196 g/mol. The molecule has 1 aromatic heterocycles. The molecule has 0 atom stereocenters. The lowest BCUT2D eigenvalue weighted by atomic mass is 9.81. The van der Waals surface area contributed by atoms with Gasteiger partial charge < -0.3 is 0 Å². The molecule has 0 radical (unpaired) electrons. The predicted molar refractivity (Wildman–Crippen MR) is 50.9 cm³/mol. The Kier molecular flexibility index (Phi) is 2.40. The van der Waals surface area contributed by atoms with Crippen molar-refractivity contribution in [1.29, 1.82) is 0 Å². The maximum atomic E-state index is 11.7. The Labute approximate surface area is 81.3 Å². The molecule has 3 nitrogen and oxygen atoms in total. The van der Waals surface area contributed by atoms with E-state index in [0.717, 1.165) is 10.6 Å². The molecule has 13 heavy (non-hydrogen) atoms. The second kappa shape index (κ2) is 3.54. The molecule has 0 saturated heterocycles. The summed E-state index contributed by atoms with van der Waals surface area (Å²) in [6.07, 6.45) is 4.43. The van der Waals surface area contributed by atoms with Crippen LogP contribution in [0.3, 0.4) is 0 Å². The van der Waals surface area contributed by atoms with Crippen molar-refractivity contribution < 1.29 is 4.79 Å². The highest BCUT2D eigenvalue weighted by atomic mass is 32.1. The third-order valence-electron chi connectivity index (χ3n) is 2.60. The van der Waals surface area contributed by atoms with Crippen molar-refractivity contribution in [2.75, 3.05) is 0 Å². The second-order valence-electron chi connectivity index (χ2n) is 3.61. The highest BCUT2D eigenvalue weighted by molar-refractivity contribution is 7.08. The monoisotopic (exact) mass is 196 g/mol. The molecule has 4 heteroatoms. The zero-order valence-corrected chi connectivity index (χ0v) is 8.43. The fourth-order valence-corrected chi connectivity index (χ4v) is 2.14. The van der Waals surface area contributed by atoms with Crippen LogP contribution in [0.1, 0.15) is 41.0 Å². The van der Waals surface area contributed by atoms with Crippen molar-refractivity contribution in [3.8, 4) is 0 Å². The summed E-state index contributed by atoms with van der Waals surface area (Å²) in [6, 6.07) is 0. The molecule has 0 amide bonds. The van der Waals surface area contributed by atoms with Gasteiger partial charge in [0.05, 0.1) is 5.69 Å². The lowest BCUT2D eigenvalue weighted by Gasteiger charge is -2.23. The number of ketones is 1. The molecule has 2 rings (SSSR count). The third kappa shape index (κ3) is 1.77. The highest BCUT2D eigenvalue weighted by Gasteiger charge is 2.23. The van der Waals surface area contributed by atoms with Crippen LogP contribution in [-0.2, 0) is 0 Å². The Hall–Kier alpha value is -0.770. The average Bonchev–Trinajstić information content (AvgIpc) is 2.43. The smallest absolute Gasteiger partial charge is 0.176 e. The molecule has 1 saturated carbocycles. The Morgan fingerprint density at radius 3 is 2.85 bits per heavy atom. The quantitative estimate of drug-likeness (QED) is 0.696. The summed E-state index contributed by atoms with van der Waals surface area (Å²) in [5.41, 5.74) is 0.786. The van der Waals surface area contributed by atoms with Crippen molar-refractivity contribution in [3.63, 3.8) is 0 Å². The topological polar surface area (TPSA) is 42.9 Å². The van der Waals surface area contributed by atoms with Crippen LogP contribution in [0.25, 0.3) is 0 Å². The molecule has 0 spiro atoms. The van der Waals surface area contributed by atoms with Gasteiger partial charge in [-0.25, -0.2) is 0 Å². The molecular formula is C9H12N2OS. The van der Waals surface area contributed by atoms with E-state index >= 15 is 0 Å². The Bertz CT molecular complexity index is 317. The molecule has 0 N–H and O–H groups in total. The van der Waals surface area contributed by atoms with Gasteiger partial charge in [-0.1, -0.05) is 23.8 Å². The lowest BCUT2D eigenvalue weighted by Crippen LogP contribution is -2.15. The van der Waals surface area contributed by atoms with Gasteiger partial charge in [0.1, 0.15) is 4.88 Å². The first-order valence-electron chi connectivity index (χ1n) is 4.59. The van der Waals surface area contributed by atoms with Crippen LogP contribution < -0.4 is 0 Å². The van der Waals surface area contributed by atoms with Gasteiger partial charge in [0.15, 0.2) is 5.78 Å². The maximum Gasteiger partial charge on any atom is 0.176 e. The summed E-state index contributed by atoms with van der Waals surface area (Å²) >= 11 is 1.22. The number of rotatable bonds is 3. The van der Waals surface area contributed by atoms with Crippen LogP contribution in [0.5, 0.6) is 0 Å². The van der Waals surface area contributed by atoms with Crippen LogP contribution in [0, 0.1) is 12.8 Å².